The third-order valence-corrected chi connectivity index (χ3v) is 2.62. The summed E-state index contributed by atoms with van der Waals surface area (Å²) in [5.74, 6) is 0.233. The molecule has 1 rings (SSSR count). The van der Waals surface area contributed by atoms with Crippen LogP contribution in [0.4, 0.5) is 0 Å². The summed E-state index contributed by atoms with van der Waals surface area (Å²) in [6, 6.07) is 8.08. The third-order valence-electron chi connectivity index (χ3n) is 1.65. The van der Waals surface area contributed by atoms with Crippen LogP contribution in [0.1, 0.15) is 12.5 Å². The number of ether oxygens (including phenoxy) is 1. The second kappa shape index (κ2) is 5.70. The molecule has 0 atom stereocenters. The van der Waals surface area contributed by atoms with Crippen molar-refractivity contribution in [2.24, 2.45) is 0 Å². The van der Waals surface area contributed by atoms with Crippen molar-refractivity contribution in [3.63, 3.8) is 0 Å². The van der Waals surface area contributed by atoms with Crippen LogP contribution in [-0.2, 0) is 9.53 Å². The van der Waals surface area contributed by atoms with Crippen molar-refractivity contribution in [3.8, 4) is 0 Å². The summed E-state index contributed by atoms with van der Waals surface area (Å²) in [6.07, 6.45) is 0. The Morgan fingerprint density at radius 2 is 2.29 bits per heavy atom. The summed E-state index contributed by atoms with van der Waals surface area (Å²) < 4.78 is 4.83. The lowest BCUT2D eigenvalue weighted by Crippen LogP contribution is -2.06. The van der Waals surface area contributed by atoms with Crippen molar-refractivity contribution >= 4 is 17.7 Å². The van der Waals surface area contributed by atoms with E-state index in [4.69, 9.17) is 4.74 Å². The van der Waals surface area contributed by atoms with Crippen LogP contribution in [0.15, 0.2) is 29.2 Å². The summed E-state index contributed by atoms with van der Waals surface area (Å²) in [5, 5.41) is 0. The lowest BCUT2D eigenvalue weighted by molar-refractivity contribution is -0.139. The van der Waals surface area contributed by atoms with Crippen molar-refractivity contribution in [1.29, 1.82) is 0 Å². The van der Waals surface area contributed by atoms with Crippen LogP contribution in [0.25, 0.3) is 0 Å². The highest BCUT2D eigenvalue weighted by atomic mass is 32.2. The quantitative estimate of drug-likeness (QED) is 0.564. The molecule has 0 saturated carbocycles. The van der Waals surface area contributed by atoms with Gasteiger partial charge in [0, 0.05) is 4.90 Å². The van der Waals surface area contributed by atoms with Gasteiger partial charge in [-0.05, 0) is 26.0 Å². The first-order valence-electron chi connectivity index (χ1n) is 4.57. The molecule has 0 heterocycles. The van der Waals surface area contributed by atoms with Crippen molar-refractivity contribution in [3.05, 3.63) is 29.8 Å². The molecule has 14 heavy (non-hydrogen) atoms. The molecule has 0 unspecified atom stereocenters. The largest absolute Gasteiger partial charge is 0.465 e. The molecule has 0 aliphatic carbocycles. The molecule has 0 amide bonds. The number of esters is 1. The van der Waals surface area contributed by atoms with E-state index in [0.29, 0.717) is 12.4 Å². The van der Waals surface area contributed by atoms with Crippen LogP contribution in [0, 0.1) is 6.92 Å². The molecule has 0 aliphatic heterocycles. The molecule has 0 bridgehead atoms. The van der Waals surface area contributed by atoms with E-state index in [2.05, 4.69) is 6.07 Å². The highest BCUT2D eigenvalue weighted by molar-refractivity contribution is 8.00. The summed E-state index contributed by atoms with van der Waals surface area (Å²) in [5.41, 5.74) is 1.21. The fraction of sp³-hybridized carbons (Fsp3) is 0.364. The molecule has 0 aliphatic rings. The maximum Gasteiger partial charge on any atom is 0.316 e. The van der Waals surface area contributed by atoms with Crippen LogP contribution in [0.3, 0.4) is 0 Å². The molecule has 1 aromatic carbocycles. The number of rotatable bonds is 4. The number of hydrogen-bond donors (Lipinski definition) is 0. The maximum atomic E-state index is 11.1. The number of carbonyl (C=O) groups excluding carboxylic acids is 1. The third kappa shape index (κ3) is 3.83. The minimum Gasteiger partial charge on any atom is -0.465 e. The van der Waals surface area contributed by atoms with Crippen molar-refractivity contribution in [1.82, 2.24) is 0 Å². The zero-order valence-electron chi connectivity index (χ0n) is 8.45. The minimum atomic E-state index is -0.154. The molecule has 0 fully saturated rings. The van der Waals surface area contributed by atoms with E-state index >= 15 is 0 Å². The molecule has 0 saturated heterocycles. The highest BCUT2D eigenvalue weighted by Gasteiger charge is 2.02. The Hall–Kier alpha value is -0.960. The van der Waals surface area contributed by atoms with Gasteiger partial charge in [0.25, 0.3) is 0 Å². The number of benzene rings is 1. The Kier molecular flexibility index (Phi) is 4.53. The Morgan fingerprint density at radius 1 is 1.50 bits per heavy atom. The van der Waals surface area contributed by atoms with Gasteiger partial charge in [0.15, 0.2) is 0 Å². The minimum absolute atomic E-state index is 0.154. The Labute approximate surface area is 88.7 Å². The molecule has 0 radical (unpaired) electrons. The summed E-state index contributed by atoms with van der Waals surface area (Å²) >= 11 is 1.51. The van der Waals surface area contributed by atoms with E-state index in [0.717, 1.165) is 4.90 Å². The number of thioether (sulfide) groups is 1. The van der Waals surface area contributed by atoms with Gasteiger partial charge < -0.3 is 4.74 Å². The number of aryl methyl sites for hydroxylation is 1. The first-order chi connectivity index (χ1) is 6.72. The molecule has 76 valence electrons. The van der Waals surface area contributed by atoms with E-state index in [1.165, 1.54) is 17.3 Å². The Morgan fingerprint density at radius 3 is 2.93 bits per heavy atom. The summed E-state index contributed by atoms with van der Waals surface area (Å²) in [7, 11) is 0. The molecular weight excluding hydrogens is 196 g/mol. The topological polar surface area (TPSA) is 26.3 Å². The van der Waals surface area contributed by atoms with Gasteiger partial charge in [0.2, 0.25) is 0 Å². The summed E-state index contributed by atoms with van der Waals surface area (Å²) in [6.45, 7) is 4.30. The normalized spacial score (nSPS) is 9.86. The van der Waals surface area contributed by atoms with Gasteiger partial charge in [-0.2, -0.15) is 0 Å². The second-order valence-electron chi connectivity index (χ2n) is 2.91. The van der Waals surface area contributed by atoms with Crippen LogP contribution < -0.4 is 0 Å². The second-order valence-corrected chi connectivity index (χ2v) is 3.96. The Bertz CT molecular complexity index is 310. The van der Waals surface area contributed by atoms with E-state index < -0.39 is 0 Å². The molecule has 0 N–H and O–H groups in total. The fourth-order valence-electron chi connectivity index (χ4n) is 1.05. The van der Waals surface area contributed by atoms with Crippen molar-refractivity contribution in [2.75, 3.05) is 12.4 Å². The highest BCUT2D eigenvalue weighted by Crippen LogP contribution is 2.18. The maximum absolute atomic E-state index is 11.1. The van der Waals surface area contributed by atoms with Crippen LogP contribution in [0.2, 0.25) is 0 Å². The SMILES string of the molecule is CCOC(=O)CSc1cccc(C)c1. The monoisotopic (exact) mass is 210 g/mol. The van der Waals surface area contributed by atoms with Crippen molar-refractivity contribution in [2.45, 2.75) is 18.7 Å². The van der Waals surface area contributed by atoms with Crippen molar-refractivity contribution < 1.29 is 9.53 Å². The van der Waals surface area contributed by atoms with Crippen LogP contribution in [0.5, 0.6) is 0 Å². The fourth-order valence-corrected chi connectivity index (χ4v) is 1.86. The van der Waals surface area contributed by atoms with Gasteiger partial charge >= 0.3 is 5.97 Å². The zero-order chi connectivity index (χ0) is 10.4. The predicted octanol–water partition coefficient (Wildman–Crippen LogP) is 2.65. The lowest BCUT2D eigenvalue weighted by Gasteiger charge is -2.02. The molecule has 3 heteroatoms. The molecular formula is C11H14O2S. The summed E-state index contributed by atoms with van der Waals surface area (Å²) in [4.78, 5) is 12.2. The van der Waals surface area contributed by atoms with Gasteiger partial charge in [-0.1, -0.05) is 17.7 Å². The first kappa shape index (κ1) is 11.1. The molecule has 0 spiro atoms. The smallest absolute Gasteiger partial charge is 0.316 e. The average molecular weight is 210 g/mol. The van der Waals surface area contributed by atoms with E-state index in [1.54, 1.807) is 0 Å². The molecule has 0 aromatic heterocycles. The molecule has 1 aromatic rings. The predicted molar refractivity (Wildman–Crippen MR) is 58.5 cm³/mol. The molecule has 2 nitrogen and oxygen atoms in total. The van der Waals surface area contributed by atoms with Gasteiger partial charge in [0.1, 0.15) is 0 Å². The van der Waals surface area contributed by atoms with E-state index in [9.17, 15) is 4.79 Å². The first-order valence-corrected chi connectivity index (χ1v) is 5.56. The van der Waals surface area contributed by atoms with E-state index in [1.807, 2.05) is 32.0 Å². The van der Waals surface area contributed by atoms with Gasteiger partial charge in [0.05, 0.1) is 12.4 Å². The van der Waals surface area contributed by atoms with Crippen LogP contribution in [-0.4, -0.2) is 18.3 Å². The van der Waals surface area contributed by atoms with Gasteiger partial charge in [-0.25, -0.2) is 0 Å². The van der Waals surface area contributed by atoms with Gasteiger partial charge in [-0.3, -0.25) is 4.79 Å². The van der Waals surface area contributed by atoms with Gasteiger partial charge in [-0.15, -0.1) is 11.8 Å². The standard InChI is InChI=1S/C11H14O2S/c1-3-13-11(12)8-14-10-6-4-5-9(2)7-10/h4-7H,3,8H2,1-2H3. The Balaban J connectivity index is 2.41. The lowest BCUT2D eigenvalue weighted by atomic mass is 10.2. The zero-order valence-corrected chi connectivity index (χ0v) is 9.26. The van der Waals surface area contributed by atoms with Crippen LogP contribution >= 0.6 is 11.8 Å². The average Bonchev–Trinajstić information content (AvgIpc) is 2.15. The van der Waals surface area contributed by atoms with E-state index in [-0.39, 0.29) is 5.97 Å². The number of carbonyl (C=O) groups is 1. The number of hydrogen-bond acceptors (Lipinski definition) is 3.